The second-order valence-corrected chi connectivity index (χ2v) is 4.64. The lowest BCUT2D eigenvalue weighted by Crippen LogP contribution is -2.34. The molecular formula is C13H18N2O2. The van der Waals surface area contributed by atoms with Crippen LogP contribution in [0.25, 0.3) is 0 Å². The predicted octanol–water partition coefficient (Wildman–Crippen LogP) is 1.53. The van der Waals surface area contributed by atoms with Crippen LogP contribution in [0.2, 0.25) is 0 Å². The molecule has 2 rings (SSSR count). The zero-order chi connectivity index (χ0) is 12.4. The molecule has 17 heavy (non-hydrogen) atoms. The largest absolute Gasteiger partial charge is 0.478 e. The summed E-state index contributed by atoms with van der Waals surface area (Å²) in [5.74, 6) is -0.862. The summed E-state index contributed by atoms with van der Waals surface area (Å²) < 4.78 is 0. The van der Waals surface area contributed by atoms with Gasteiger partial charge in [-0.3, -0.25) is 0 Å². The van der Waals surface area contributed by atoms with Gasteiger partial charge in [0.15, 0.2) is 0 Å². The molecule has 1 unspecified atom stereocenters. The molecule has 1 N–H and O–H groups in total. The van der Waals surface area contributed by atoms with Crippen molar-refractivity contribution < 1.29 is 9.90 Å². The highest BCUT2D eigenvalue weighted by molar-refractivity contribution is 5.94. The number of aromatic carboxylic acids is 1. The van der Waals surface area contributed by atoms with Crippen LogP contribution in [-0.2, 0) is 0 Å². The van der Waals surface area contributed by atoms with Crippen LogP contribution in [0.5, 0.6) is 0 Å². The lowest BCUT2D eigenvalue weighted by Gasteiger charge is -2.27. The van der Waals surface area contributed by atoms with Crippen molar-refractivity contribution in [2.24, 2.45) is 0 Å². The van der Waals surface area contributed by atoms with Crippen molar-refractivity contribution in [3.63, 3.8) is 0 Å². The number of likely N-dealkylation sites (tertiary alicyclic amines) is 1. The van der Waals surface area contributed by atoms with Crippen molar-refractivity contribution >= 4 is 11.7 Å². The molecule has 1 fully saturated rings. The summed E-state index contributed by atoms with van der Waals surface area (Å²) in [4.78, 5) is 15.5. The van der Waals surface area contributed by atoms with Gasteiger partial charge in [0, 0.05) is 19.6 Å². The Kier molecular flexibility index (Phi) is 3.33. The highest BCUT2D eigenvalue weighted by atomic mass is 16.4. The number of carboxylic acid groups (broad SMARTS) is 1. The van der Waals surface area contributed by atoms with Crippen molar-refractivity contribution in [1.29, 1.82) is 0 Å². The molecule has 1 aliphatic rings. The number of hydrogen-bond donors (Lipinski definition) is 1. The number of hydrogen-bond acceptors (Lipinski definition) is 3. The monoisotopic (exact) mass is 234 g/mol. The maximum Gasteiger partial charge on any atom is 0.337 e. The number of nitrogens with zero attached hydrogens (tertiary/aromatic N) is 2. The third kappa shape index (κ3) is 2.42. The second-order valence-electron chi connectivity index (χ2n) is 4.64. The summed E-state index contributed by atoms with van der Waals surface area (Å²) in [6, 6.07) is 7.59. The van der Waals surface area contributed by atoms with E-state index in [-0.39, 0.29) is 0 Å². The van der Waals surface area contributed by atoms with E-state index in [0.717, 1.165) is 25.2 Å². The van der Waals surface area contributed by atoms with Gasteiger partial charge < -0.3 is 14.9 Å². The molecule has 4 nitrogen and oxygen atoms in total. The average molecular weight is 234 g/mol. The maximum absolute atomic E-state index is 11.2. The molecule has 0 bridgehead atoms. The molecule has 1 heterocycles. The molecule has 1 saturated heterocycles. The summed E-state index contributed by atoms with van der Waals surface area (Å²) >= 11 is 0. The Balaban J connectivity index is 2.24. The number of carboxylic acids is 1. The zero-order valence-corrected chi connectivity index (χ0v) is 10.3. The molecule has 1 aliphatic heterocycles. The Morgan fingerprint density at radius 2 is 2.18 bits per heavy atom. The van der Waals surface area contributed by atoms with Gasteiger partial charge in [0.25, 0.3) is 0 Å². The number of likely N-dealkylation sites (N-methyl/N-ethyl adjacent to an activating group) is 2. The van der Waals surface area contributed by atoms with E-state index in [9.17, 15) is 9.90 Å². The Labute approximate surface area is 101 Å². The quantitative estimate of drug-likeness (QED) is 0.861. The summed E-state index contributed by atoms with van der Waals surface area (Å²) in [6.07, 6.45) is 1.08. The fourth-order valence-electron chi connectivity index (χ4n) is 2.39. The van der Waals surface area contributed by atoms with Crippen LogP contribution >= 0.6 is 0 Å². The van der Waals surface area contributed by atoms with E-state index in [0.29, 0.717) is 11.6 Å². The molecule has 0 spiro atoms. The summed E-state index contributed by atoms with van der Waals surface area (Å²) in [5, 5.41) is 9.17. The molecule has 0 radical (unpaired) electrons. The van der Waals surface area contributed by atoms with Gasteiger partial charge in [0.05, 0.1) is 11.3 Å². The van der Waals surface area contributed by atoms with E-state index < -0.39 is 5.97 Å². The number of benzene rings is 1. The van der Waals surface area contributed by atoms with Gasteiger partial charge in [-0.25, -0.2) is 4.79 Å². The molecule has 1 aromatic carbocycles. The molecular weight excluding hydrogens is 216 g/mol. The Morgan fingerprint density at radius 1 is 1.47 bits per heavy atom. The first-order valence-electron chi connectivity index (χ1n) is 5.83. The van der Waals surface area contributed by atoms with Gasteiger partial charge in [0.2, 0.25) is 0 Å². The van der Waals surface area contributed by atoms with Gasteiger partial charge in [-0.05, 0) is 32.1 Å². The molecule has 0 saturated carbocycles. The third-order valence-corrected chi connectivity index (χ3v) is 3.43. The topological polar surface area (TPSA) is 43.8 Å². The van der Waals surface area contributed by atoms with Crippen LogP contribution in [0.3, 0.4) is 0 Å². The van der Waals surface area contributed by atoms with Crippen LogP contribution in [0.1, 0.15) is 16.8 Å². The standard InChI is InChI=1S/C13H18N2O2/c1-14-8-7-10(9-14)15(2)12-6-4-3-5-11(12)13(16)17/h3-6,10H,7-9H2,1-2H3,(H,16,17). The van der Waals surface area contributed by atoms with Crippen molar-refractivity contribution in [1.82, 2.24) is 4.90 Å². The summed E-state index contributed by atoms with van der Waals surface area (Å²) in [5.41, 5.74) is 1.19. The molecule has 0 aromatic heterocycles. The lowest BCUT2D eigenvalue weighted by atomic mass is 10.1. The van der Waals surface area contributed by atoms with Crippen molar-refractivity contribution in [2.45, 2.75) is 12.5 Å². The maximum atomic E-state index is 11.2. The van der Waals surface area contributed by atoms with Crippen LogP contribution in [0, 0.1) is 0 Å². The van der Waals surface area contributed by atoms with Crippen LogP contribution < -0.4 is 4.90 Å². The Morgan fingerprint density at radius 3 is 2.76 bits per heavy atom. The number of carbonyl (C=O) groups is 1. The minimum Gasteiger partial charge on any atom is -0.478 e. The van der Waals surface area contributed by atoms with E-state index in [2.05, 4.69) is 16.8 Å². The van der Waals surface area contributed by atoms with Gasteiger partial charge in [-0.1, -0.05) is 12.1 Å². The van der Waals surface area contributed by atoms with E-state index >= 15 is 0 Å². The minimum absolute atomic E-state index is 0.379. The fourth-order valence-corrected chi connectivity index (χ4v) is 2.39. The predicted molar refractivity (Wildman–Crippen MR) is 67.7 cm³/mol. The minimum atomic E-state index is -0.862. The van der Waals surface area contributed by atoms with E-state index in [1.807, 2.05) is 19.2 Å². The molecule has 1 atom stereocenters. The van der Waals surface area contributed by atoms with Crippen LogP contribution in [0.4, 0.5) is 5.69 Å². The molecule has 0 aliphatic carbocycles. The first kappa shape index (κ1) is 11.9. The second kappa shape index (κ2) is 4.75. The normalized spacial score (nSPS) is 20.5. The first-order valence-corrected chi connectivity index (χ1v) is 5.83. The number of para-hydroxylation sites is 1. The van der Waals surface area contributed by atoms with E-state index in [1.54, 1.807) is 12.1 Å². The summed E-state index contributed by atoms with van der Waals surface area (Å²) in [6.45, 7) is 2.06. The Hall–Kier alpha value is -1.55. The molecule has 4 heteroatoms. The molecule has 0 amide bonds. The van der Waals surface area contributed by atoms with Crippen LogP contribution in [-0.4, -0.2) is 49.2 Å². The number of rotatable bonds is 3. The van der Waals surface area contributed by atoms with Gasteiger partial charge in [-0.2, -0.15) is 0 Å². The highest BCUT2D eigenvalue weighted by Crippen LogP contribution is 2.24. The van der Waals surface area contributed by atoms with Crippen molar-refractivity contribution in [3.05, 3.63) is 29.8 Å². The van der Waals surface area contributed by atoms with Gasteiger partial charge in [-0.15, -0.1) is 0 Å². The lowest BCUT2D eigenvalue weighted by molar-refractivity contribution is 0.0697. The van der Waals surface area contributed by atoms with E-state index in [1.165, 1.54) is 0 Å². The average Bonchev–Trinajstić information content (AvgIpc) is 2.75. The third-order valence-electron chi connectivity index (χ3n) is 3.43. The smallest absolute Gasteiger partial charge is 0.337 e. The van der Waals surface area contributed by atoms with Crippen molar-refractivity contribution in [2.75, 3.05) is 32.1 Å². The fraction of sp³-hybridized carbons (Fsp3) is 0.462. The SMILES string of the molecule is CN1CCC(N(C)c2ccccc2C(=O)O)C1. The zero-order valence-electron chi connectivity index (χ0n) is 10.3. The molecule has 92 valence electrons. The summed E-state index contributed by atoms with van der Waals surface area (Å²) in [7, 11) is 4.07. The Bertz CT molecular complexity index is 420. The van der Waals surface area contributed by atoms with Crippen LogP contribution in [0.15, 0.2) is 24.3 Å². The van der Waals surface area contributed by atoms with E-state index in [4.69, 9.17) is 0 Å². The first-order chi connectivity index (χ1) is 8.09. The highest BCUT2D eigenvalue weighted by Gasteiger charge is 2.25. The van der Waals surface area contributed by atoms with Gasteiger partial charge in [0.1, 0.15) is 0 Å². The van der Waals surface area contributed by atoms with Gasteiger partial charge >= 0.3 is 5.97 Å². The molecule has 1 aromatic rings. The van der Waals surface area contributed by atoms with Crippen molar-refractivity contribution in [3.8, 4) is 0 Å². The number of anilines is 1.